The van der Waals surface area contributed by atoms with Gasteiger partial charge in [-0.2, -0.15) is 0 Å². The first-order valence-corrected chi connectivity index (χ1v) is 10.5. The first kappa shape index (κ1) is 20.4. The number of nitrogens with zero attached hydrogens (tertiary/aromatic N) is 4. The van der Waals surface area contributed by atoms with Crippen LogP contribution < -0.4 is 4.74 Å². The standard InChI is InChI=1S/C24H28N4O2/c1-18-22(20-6-8-21(25-2)9-7-20)15-23(28-12-10-26-24(18)28)30-17-19-5-4-11-27(16-19)13-14-29-3/h6-10,12,15,19H,4-5,11,13-14,16-17H2,1,3H3. The molecule has 6 nitrogen and oxygen atoms in total. The summed E-state index contributed by atoms with van der Waals surface area (Å²) in [5.74, 6) is 1.32. The lowest BCUT2D eigenvalue weighted by atomic mass is 9.99. The molecule has 3 heterocycles. The van der Waals surface area contributed by atoms with Crippen LogP contribution in [0.5, 0.6) is 5.88 Å². The van der Waals surface area contributed by atoms with E-state index in [0.717, 1.165) is 54.5 Å². The monoisotopic (exact) mass is 404 g/mol. The minimum absolute atomic E-state index is 0.511. The first-order valence-electron chi connectivity index (χ1n) is 10.5. The topological polar surface area (TPSA) is 43.4 Å². The number of rotatable bonds is 7. The van der Waals surface area contributed by atoms with Gasteiger partial charge >= 0.3 is 0 Å². The summed E-state index contributed by atoms with van der Waals surface area (Å²) in [6.45, 7) is 13.9. The van der Waals surface area contributed by atoms with E-state index in [2.05, 4.69) is 27.7 Å². The Balaban J connectivity index is 1.56. The van der Waals surface area contributed by atoms with Crippen LogP contribution >= 0.6 is 0 Å². The number of piperidine rings is 1. The molecule has 30 heavy (non-hydrogen) atoms. The second-order valence-electron chi connectivity index (χ2n) is 7.91. The summed E-state index contributed by atoms with van der Waals surface area (Å²) in [7, 11) is 1.76. The molecular weight excluding hydrogens is 376 g/mol. The minimum Gasteiger partial charge on any atom is -0.478 e. The molecule has 3 aromatic rings. The summed E-state index contributed by atoms with van der Waals surface area (Å²) in [6.07, 6.45) is 6.15. The molecule has 1 aliphatic heterocycles. The van der Waals surface area contributed by atoms with E-state index in [-0.39, 0.29) is 0 Å². The summed E-state index contributed by atoms with van der Waals surface area (Å²) in [5, 5.41) is 0. The van der Waals surface area contributed by atoms with E-state index in [9.17, 15) is 0 Å². The van der Waals surface area contributed by atoms with E-state index in [0.29, 0.717) is 18.2 Å². The van der Waals surface area contributed by atoms with Gasteiger partial charge in [-0.05, 0) is 37.4 Å². The summed E-state index contributed by atoms with van der Waals surface area (Å²) in [6, 6.07) is 9.80. The fourth-order valence-corrected chi connectivity index (χ4v) is 4.22. The Labute approximate surface area is 177 Å². The molecule has 2 aromatic heterocycles. The first-order chi connectivity index (χ1) is 14.7. The van der Waals surface area contributed by atoms with Crippen molar-refractivity contribution in [2.24, 2.45) is 5.92 Å². The average Bonchev–Trinajstić information content (AvgIpc) is 3.28. The van der Waals surface area contributed by atoms with E-state index < -0.39 is 0 Å². The Hall–Kier alpha value is -2.88. The zero-order valence-corrected chi connectivity index (χ0v) is 17.7. The zero-order valence-electron chi connectivity index (χ0n) is 17.7. The Morgan fingerprint density at radius 3 is 2.87 bits per heavy atom. The highest BCUT2D eigenvalue weighted by Crippen LogP contribution is 2.32. The van der Waals surface area contributed by atoms with Crippen LogP contribution in [0.4, 0.5) is 5.69 Å². The maximum atomic E-state index is 7.17. The van der Waals surface area contributed by atoms with Crippen LogP contribution in [0.2, 0.25) is 0 Å². The fraction of sp³-hybridized carbons (Fsp3) is 0.417. The Morgan fingerprint density at radius 1 is 1.27 bits per heavy atom. The predicted octanol–water partition coefficient (Wildman–Crippen LogP) is 4.60. The third kappa shape index (κ3) is 4.33. The molecule has 0 saturated carbocycles. The van der Waals surface area contributed by atoms with Crippen LogP contribution in [-0.2, 0) is 4.74 Å². The van der Waals surface area contributed by atoms with Gasteiger partial charge in [-0.25, -0.2) is 9.83 Å². The van der Waals surface area contributed by atoms with Crippen molar-refractivity contribution in [3.8, 4) is 17.0 Å². The number of benzene rings is 1. The molecule has 0 amide bonds. The van der Waals surface area contributed by atoms with E-state index in [1.165, 1.54) is 12.8 Å². The normalized spacial score (nSPS) is 17.2. The van der Waals surface area contributed by atoms with Gasteiger partial charge in [-0.1, -0.05) is 24.3 Å². The number of methoxy groups -OCH3 is 1. The molecule has 1 aliphatic rings. The molecular formula is C24H28N4O2. The maximum absolute atomic E-state index is 7.17. The number of pyridine rings is 1. The molecule has 0 radical (unpaired) electrons. The molecule has 0 spiro atoms. The van der Waals surface area contributed by atoms with E-state index in [1.54, 1.807) is 7.11 Å². The average molecular weight is 405 g/mol. The molecule has 6 heteroatoms. The van der Waals surface area contributed by atoms with Gasteiger partial charge in [0, 0.05) is 50.1 Å². The summed E-state index contributed by atoms with van der Waals surface area (Å²) in [4.78, 5) is 10.5. The van der Waals surface area contributed by atoms with Gasteiger partial charge in [0.15, 0.2) is 11.6 Å². The molecule has 0 aliphatic carbocycles. The zero-order chi connectivity index (χ0) is 20.9. The van der Waals surface area contributed by atoms with Crippen molar-refractivity contribution >= 4 is 11.3 Å². The van der Waals surface area contributed by atoms with Crippen LogP contribution in [0.15, 0.2) is 42.7 Å². The van der Waals surface area contributed by atoms with Crippen molar-refractivity contribution in [1.29, 1.82) is 0 Å². The second kappa shape index (κ2) is 9.29. The summed E-state index contributed by atoms with van der Waals surface area (Å²) >= 11 is 0. The molecule has 1 aromatic carbocycles. The molecule has 0 bridgehead atoms. The quantitative estimate of drug-likeness (QED) is 0.540. The Bertz CT molecular complexity index is 1040. The SMILES string of the molecule is [C-]#[N+]c1ccc(-c2cc(OCC3CCCN(CCOC)C3)n3ccnc3c2C)cc1. The van der Waals surface area contributed by atoms with Gasteiger partial charge in [-0.3, -0.25) is 4.40 Å². The van der Waals surface area contributed by atoms with Crippen LogP contribution in [0.1, 0.15) is 18.4 Å². The van der Waals surface area contributed by atoms with Crippen molar-refractivity contribution < 1.29 is 9.47 Å². The smallest absolute Gasteiger partial charge is 0.199 e. The van der Waals surface area contributed by atoms with Gasteiger partial charge in [-0.15, -0.1) is 0 Å². The lowest BCUT2D eigenvalue weighted by Gasteiger charge is -2.32. The van der Waals surface area contributed by atoms with E-state index in [4.69, 9.17) is 16.0 Å². The number of aromatic nitrogens is 2. The third-order valence-electron chi connectivity index (χ3n) is 5.87. The fourth-order valence-electron chi connectivity index (χ4n) is 4.22. The highest BCUT2D eigenvalue weighted by atomic mass is 16.5. The Kier molecular flexibility index (Phi) is 6.32. The molecule has 1 unspecified atom stereocenters. The predicted molar refractivity (Wildman–Crippen MR) is 118 cm³/mol. The highest BCUT2D eigenvalue weighted by molar-refractivity contribution is 5.75. The largest absolute Gasteiger partial charge is 0.478 e. The number of hydrogen-bond acceptors (Lipinski definition) is 4. The number of aryl methyl sites for hydroxylation is 1. The van der Waals surface area contributed by atoms with Gasteiger partial charge in [0.1, 0.15) is 5.65 Å². The van der Waals surface area contributed by atoms with Crippen LogP contribution in [0.3, 0.4) is 0 Å². The number of hydrogen-bond donors (Lipinski definition) is 0. The maximum Gasteiger partial charge on any atom is 0.199 e. The molecule has 156 valence electrons. The molecule has 1 saturated heterocycles. The van der Waals surface area contributed by atoms with Crippen molar-refractivity contribution in [2.75, 3.05) is 40.0 Å². The van der Waals surface area contributed by atoms with Crippen molar-refractivity contribution in [3.63, 3.8) is 0 Å². The second-order valence-corrected chi connectivity index (χ2v) is 7.91. The van der Waals surface area contributed by atoms with Gasteiger partial charge in [0.2, 0.25) is 0 Å². The van der Waals surface area contributed by atoms with Crippen molar-refractivity contribution in [1.82, 2.24) is 14.3 Å². The minimum atomic E-state index is 0.511. The third-order valence-corrected chi connectivity index (χ3v) is 5.87. The highest BCUT2D eigenvalue weighted by Gasteiger charge is 2.21. The lowest BCUT2D eigenvalue weighted by Crippen LogP contribution is -2.39. The molecule has 4 rings (SSSR count). The Morgan fingerprint density at radius 2 is 2.10 bits per heavy atom. The number of imidazole rings is 1. The number of fused-ring (bicyclic) bond motifs is 1. The van der Waals surface area contributed by atoms with E-state index >= 15 is 0 Å². The van der Waals surface area contributed by atoms with Crippen molar-refractivity contribution in [3.05, 3.63) is 59.7 Å². The summed E-state index contributed by atoms with van der Waals surface area (Å²) in [5.41, 5.74) is 4.81. The lowest BCUT2D eigenvalue weighted by molar-refractivity contribution is 0.0946. The molecule has 1 atom stereocenters. The van der Waals surface area contributed by atoms with Crippen LogP contribution in [-0.4, -0.2) is 54.2 Å². The number of likely N-dealkylation sites (tertiary alicyclic amines) is 1. The van der Waals surface area contributed by atoms with Crippen LogP contribution in [0.25, 0.3) is 21.6 Å². The van der Waals surface area contributed by atoms with Gasteiger partial charge in [0.05, 0.1) is 19.8 Å². The molecule has 1 fully saturated rings. The number of ether oxygens (including phenoxy) is 2. The van der Waals surface area contributed by atoms with E-state index in [1.807, 2.05) is 41.1 Å². The van der Waals surface area contributed by atoms with Crippen LogP contribution in [0, 0.1) is 19.4 Å². The van der Waals surface area contributed by atoms with Crippen molar-refractivity contribution in [2.45, 2.75) is 19.8 Å². The molecule has 0 N–H and O–H groups in total. The van der Waals surface area contributed by atoms with Gasteiger partial charge in [0.25, 0.3) is 0 Å². The van der Waals surface area contributed by atoms with Gasteiger partial charge < -0.3 is 14.4 Å². The summed E-state index contributed by atoms with van der Waals surface area (Å²) < 4.78 is 13.6.